The van der Waals surface area contributed by atoms with E-state index in [0.717, 1.165) is 4.47 Å². The van der Waals surface area contributed by atoms with Crippen molar-refractivity contribution in [1.29, 1.82) is 0 Å². The SMILES string of the molecule is NNC(=O)COCC(=O)Nc1cccc(Br)c1. The number of carbonyl (C=O) groups is 2. The Hall–Kier alpha value is -1.44. The van der Waals surface area contributed by atoms with Crippen molar-refractivity contribution >= 4 is 33.4 Å². The number of hydrogen-bond acceptors (Lipinski definition) is 4. The van der Waals surface area contributed by atoms with Crippen molar-refractivity contribution in [3.8, 4) is 0 Å². The third-order valence-corrected chi connectivity index (χ3v) is 2.23. The molecule has 0 aliphatic carbocycles. The Morgan fingerprint density at radius 1 is 1.29 bits per heavy atom. The molecule has 1 rings (SSSR count). The highest BCUT2D eigenvalue weighted by Gasteiger charge is 2.04. The van der Waals surface area contributed by atoms with Crippen molar-refractivity contribution < 1.29 is 14.3 Å². The van der Waals surface area contributed by atoms with Crippen molar-refractivity contribution in [3.63, 3.8) is 0 Å². The summed E-state index contributed by atoms with van der Waals surface area (Å²) in [5, 5.41) is 2.62. The first-order valence-corrected chi connectivity index (χ1v) is 5.53. The van der Waals surface area contributed by atoms with Crippen LogP contribution >= 0.6 is 15.9 Å². The molecular formula is C10H12BrN3O3. The van der Waals surface area contributed by atoms with Crippen LogP contribution in [0.15, 0.2) is 28.7 Å². The van der Waals surface area contributed by atoms with Gasteiger partial charge in [0.2, 0.25) is 5.91 Å². The molecule has 0 unspecified atom stereocenters. The predicted molar refractivity (Wildman–Crippen MR) is 65.9 cm³/mol. The smallest absolute Gasteiger partial charge is 0.259 e. The summed E-state index contributed by atoms with van der Waals surface area (Å²) in [5.41, 5.74) is 2.54. The summed E-state index contributed by atoms with van der Waals surface area (Å²) in [6.07, 6.45) is 0. The molecule has 1 aromatic rings. The molecule has 0 saturated carbocycles. The van der Waals surface area contributed by atoms with E-state index in [0.29, 0.717) is 5.69 Å². The van der Waals surface area contributed by atoms with Crippen molar-refractivity contribution in [2.75, 3.05) is 18.5 Å². The first-order chi connectivity index (χ1) is 8.11. The number of anilines is 1. The molecule has 6 nitrogen and oxygen atoms in total. The number of ether oxygens (including phenoxy) is 1. The summed E-state index contributed by atoms with van der Waals surface area (Å²) in [6, 6.07) is 7.14. The molecule has 7 heteroatoms. The summed E-state index contributed by atoms with van der Waals surface area (Å²) >= 11 is 3.28. The number of amides is 2. The van der Waals surface area contributed by atoms with Crippen LogP contribution in [0.25, 0.3) is 0 Å². The summed E-state index contributed by atoms with van der Waals surface area (Å²) in [6.45, 7) is -0.456. The minimum absolute atomic E-state index is 0.208. The standard InChI is InChI=1S/C10H12BrN3O3/c11-7-2-1-3-8(4-7)13-9(15)5-17-6-10(16)14-12/h1-4H,5-6,12H2,(H,13,15)(H,14,16). The molecule has 1 aromatic carbocycles. The summed E-state index contributed by atoms with van der Waals surface area (Å²) in [7, 11) is 0. The highest BCUT2D eigenvalue weighted by Crippen LogP contribution is 2.15. The van der Waals surface area contributed by atoms with E-state index in [1.807, 2.05) is 11.5 Å². The molecule has 0 atom stereocenters. The lowest BCUT2D eigenvalue weighted by Crippen LogP contribution is -2.34. The zero-order valence-corrected chi connectivity index (χ0v) is 10.5. The van der Waals surface area contributed by atoms with Crippen LogP contribution in [0.4, 0.5) is 5.69 Å². The van der Waals surface area contributed by atoms with E-state index in [9.17, 15) is 9.59 Å². The Kier molecular flexibility index (Phi) is 5.61. The monoisotopic (exact) mass is 301 g/mol. The fourth-order valence-corrected chi connectivity index (χ4v) is 1.44. The largest absolute Gasteiger partial charge is 0.362 e. The van der Waals surface area contributed by atoms with Crippen LogP contribution in [-0.2, 0) is 14.3 Å². The molecule has 0 heterocycles. The minimum atomic E-state index is -0.486. The summed E-state index contributed by atoms with van der Waals surface area (Å²) in [4.78, 5) is 22.1. The van der Waals surface area contributed by atoms with Gasteiger partial charge in [-0.2, -0.15) is 0 Å². The maximum atomic E-state index is 11.4. The second-order valence-electron chi connectivity index (χ2n) is 3.12. The van der Waals surface area contributed by atoms with Gasteiger partial charge in [-0.3, -0.25) is 15.0 Å². The minimum Gasteiger partial charge on any atom is -0.362 e. The van der Waals surface area contributed by atoms with Gasteiger partial charge in [0.1, 0.15) is 13.2 Å². The lowest BCUT2D eigenvalue weighted by atomic mass is 10.3. The lowest BCUT2D eigenvalue weighted by Gasteiger charge is -2.06. The molecule has 0 spiro atoms. The van der Waals surface area contributed by atoms with E-state index in [4.69, 9.17) is 10.6 Å². The van der Waals surface area contributed by atoms with E-state index >= 15 is 0 Å². The molecule has 4 N–H and O–H groups in total. The van der Waals surface area contributed by atoms with Crippen LogP contribution in [0.5, 0.6) is 0 Å². The Balaban J connectivity index is 2.32. The van der Waals surface area contributed by atoms with Crippen molar-refractivity contribution in [1.82, 2.24) is 5.43 Å². The van der Waals surface area contributed by atoms with Gasteiger partial charge in [-0.1, -0.05) is 22.0 Å². The Morgan fingerprint density at radius 3 is 2.65 bits per heavy atom. The number of hydrogen-bond donors (Lipinski definition) is 3. The van der Waals surface area contributed by atoms with Crippen LogP contribution in [0, 0.1) is 0 Å². The van der Waals surface area contributed by atoms with E-state index in [1.54, 1.807) is 18.2 Å². The number of carbonyl (C=O) groups excluding carboxylic acids is 2. The van der Waals surface area contributed by atoms with Gasteiger partial charge < -0.3 is 10.1 Å². The topological polar surface area (TPSA) is 93.4 Å². The summed E-state index contributed by atoms with van der Waals surface area (Å²) < 4.78 is 5.69. The van der Waals surface area contributed by atoms with Gasteiger partial charge in [-0.05, 0) is 18.2 Å². The molecule has 2 amide bonds. The van der Waals surface area contributed by atoms with Crippen LogP contribution < -0.4 is 16.6 Å². The molecular weight excluding hydrogens is 290 g/mol. The average molecular weight is 302 g/mol. The maximum Gasteiger partial charge on any atom is 0.259 e. The van der Waals surface area contributed by atoms with E-state index in [1.165, 1.54) is 0 Å². The van der Waals surface area contributed by atoms with Crippen LogP contribution in [0.3, 0.4) is 0 Å². The molecule has 92 valence electrons. The Bertz CT molecular complexity index is 412. The fraction of sp³-hybridized carbons (Fsp3) is 0.200. The number of rotatable bonds is 5. The van der Waals surface area contributed by atoms with Crippen molar-refractivity contribution in [3.05, 3.63) is 28.7 Å². The molecule has 0 bridgehead atoms. The number of hydrazine groups is 1. The lowest BCUT2D eigenvalue weighted by molar-refractivity contribution is -0.128. The van der Waals surface area contributed by atoms with E-state index < -0.39 is 5.91 Å². The Labute approximate surface area is 107 Å². The average Bonchev–Trinajstić information content (AvgIpc) is 2.28. The van der Waals surface area contributed by atoms with Crippen molar-refractivity contribution in [2.24, 2.45) is 5.84 Å². The molecule has 0 aliphatic rings. The molecule has 0 aliphatic heterocycles. The number of halogens is 1. The second-order valence-corrected chi connectivity index (χ2v) is 4.03. The van der Waals surface area contributed by atoms with Gasteiger partial charge in [-0.25, -0.2) is 5.84 Å². The Morgan fingerprint density at radius 2 is 2.00 bits per heavy atom. The van der Waals surface area contributed by atoms with Gasteiger partial charge in [0.25, 0.3) is 5.91 Å². The zero-order valence-electron chi connectivity index (χ0n) is 8.90. The van der Waals surface area contributed by atoms with Gasteiger partial charge in [0.15, 0.2) is 0 Å². The normalized spacial score (nSPS) is 9.76. The highest BCUT2D eigenvalue weighted by atomic mass is 79.9. The number of nitrogens with one attached hydrogen (secondary N) is 2. The zero-order chi connectivity index (χ0) is 12.7. The third-order valence-electron chi connectivity index (χ3n) is 1.74. The highest BCUT2D eigenvalue weighted by molar-refractivity contribution is 9.10. The molecule has 0 aromatic heterocycles. The van der Waals surface area contributed by atoms with Crippen LogP contribution in [0.1, 0.15) is 0 Å². The molecule has 0 radical (unpaired) electrons. The molecule has 17 heavy (non-hydrogen) atoms. The maximum absolute atomic E-state index is 11.4. The fourth-order valence-electron chi connectivity index (χ4n) is 1.04. The van der Waals surface area contributed by atoms with Gasteiger partial charge in [0, 0.05) is 10.2 Å². The second kappa shape index (κ2) is 7.00. The first kappa shape index (κ1) is 13.6. The van der Waals surface area contributed by atoms with Crippen LogP contribution in [0.2, 0.25) is 0 Å². The quantitative estimate of drug-likeness (QED) is 0.417. The predicted octanol–water partition coefficient (Wildman–Crippen LogP) is 0.394. The van der Waals surface area contributed by atoms with E-state index in [2.05, 4.69) is 21.2 Å². The molecule has 0 saturated heterocycles. The van der Waals surface area contributed by atoms with E-state index in [-0.39, 0.29) is 19.1 Å². The summed E-state index contributed by atoms with van der Waals surface area (Å²) in [5.74, 6) is 4.02. The van der Waals surface area contributed by atoms with Crippen molar-refractivity contribution in [2.45, 2.75) is 0 Å². The van der Waals surface area contributed by atoms with Crippen LogP contribution in [-0.4, -0.2) is 25.0 Å². The molecule has 0 fully saturated rings. The first-order valence-electron chi connectivity index (χ1n) is 4.74. The number of benzene rings is 1. The number of nitrogens with two attached hydrogens (primary N) is 1. The van der Waals surface area contributed by atoms with Gasteiger partial charge in [-0.15, -0.1) is 0 Å². The van der Waals surface area contributed by atoms with Gasteiger partial charge >= 0.3 is 0 Å². The van der Waals surface area contributed by atoms with Gasteiger partial charge in [0.05, 0.1) is 0 Å². The third kappa shape index (κ3) is 5.43.